The molecule has 1 atom stereocenters. The van der Waals surface area contributed by atoms with Gasteiger partial charge in [-0.3, -0.25) is 4.79 Å². The number of anilines is 1. The molecule has 0 spiro atoms. The van der Waals surface area contributed by atoms with Crippen molar-refractivity contribution in [2.45, 2.75) is 51.1 Å². The SMILES string of the molecule is CC1(C2C(=O)Nc3ccc(C(F)(F)F)cc32)CCCCC1. The van der Waals surface area contributed by atoms with Crippen LogP contribution in [0.1, 0.15) is 56.1 Å². The van der Waals surface area contributed by atoms with Crippen LogP contribution < -0.4 is 5.32 Å². The van der Waals surface area contributed by atoms with Gasteiger partial charge in [0, 0.05) is 5.69 Å². The first kappa shape index (κ1) is 14.4. The van der Waals surface area contributed by atoms with Gasteiger partial charge in [0.2, 0.25) is 5.91 Å². The molecule has 1 heterocycles. The van der Waals surface area contributed by atoms with E-state index in [1.54, 1.807) is 0 Å². The number of hydrogen-bond acceptors (Lipinski definition) is 1. The Kier molecular flexibility index (Phi) is 3.26. The molecule has 1 aromatic carbocycles. The van der Waals surface area contributed by atoms with Crippen LogP contribution in [0.2, 0.25) is 0 Å². The highest BCUT2D eigenvalue weighted by Gasteiger charge is 2.46. The smallest absolute Gasteiger partial charge is 0.325 e. The summed E-state index contributed by atoms with van der Waals surface area (Å²) < 4.78 is 38.7. The van der Waals surface area contributed by atoms with Crippen molar-refractivity contribution < 1.29 is 18.0 Å². The van der Waals surface area contributed by atoms with Gasteiger partial charge < -0.3 is 5.32 Å². The Morgan fingerprint density at radius 1 is 1.19 bits per heavy atom. The highest BCUT2D eigenvalue weighted by atomic mass is 19.4. The number of rotatable bonds is 1. The molecule has 1 N–H and O–H groups in total. The largest absolute Gasteiger partial charge is 0.416 e. The molecule has 1 aliphatic heterocycles. The van der Waals surface area contributed by atoms with E-state index in [1.165, 1.54) is 6.07 Å². The number of fused-ring (bicyclic) bond motifs is 1. The van der Waals surface area contributed by atoms with E-state index in [1.807, 2.05) is 6.92 Å². The van der Waals surface area contributed by atoms with Gasteiger partial charge in [0.05, 0.1) is 11.5 Å². The molecule has 1 aromatic rings. The molecular formula is C16H18F3NO. The fourth-order valence-electron chi connectivity index (χ4n) is 3.78. The van der Waals surface area contributed by atoms with Crippen LogP contribution in [-0.4, -0.2) is 5.91 Å². The Morgan fingerprint density at radius 2 is 1.86 bits per heavy atom. The van der Waals surface area contributed by atoms with Crippen LogP contribution in [-0.2, 0) is 11.0 Å². The van der Waals surface area contributed by atoms with Crippen LogP contribution in [0.25, 0.3) is 0 Å². The molecule has 1 aliphatic carbocycles. The normalized spacial score (nSPS) is 24.6. The number of alkyl halides is 3. The quantitative estimate of drug-likeness (QED) is 0.799. The Balaban J connectivity index is 2.03. The summed E-state index contributed by atoms with van der Waals surface area (Å²) in [5.74, 6) is -0.621. The van der Waals surface area contributed by atoms with E-state index >= 15 is 0 Å². The van der Waals surface area contributed by atoms with E-state index < -0.39 is 17.7 Å². The van der Waals surface area contributed by atoms with Gasteiger partial charge in [-0.05, 0) is 42.0 Å². The predicted molar refractivity (Wildman–Crippen MR) is 74.0 cm³/mol. The van der Waals surface area contributed by atoms with Gasteiger partial charge in [-0.1, -0.05) is 26.2 Å². The van der Waals surface area contributed by atoms with Gasteiger partial charge >= 0.3 is 6.18 Å². The van der Waals surface area contributed by atoms with E-state index in [4.69, 9.17) is 0 Å². The summed E-state index contributed by atoms with van der Waals surface area (Å²) in [6, 6.07) is 3.56. The highest BCUT2D eigenvalue weighted by molar-refractivity contribution is 6.03. The monoisotopic (exact) mass is 297 g/mol. The third-order valence-corrected chi connectivity index (χ3v) is 4.90. The molecule has 114 valence electrons. The Hall–Kier alpha value is -1.52. The van der Waals surface area contributed by atoms with Crippen molar-refractivity contribution in [1.82, 2.24) is 0 Å². The first-order chi connectivity index (χ1) is 9.81. The van der Waals surface area contributed by atoms with E-state index in [0.29, 0.717) is 11.3 Å². The standard InChI is InChI=1S/C16H18F3NO/c1-15(7-3-2-4-8-15)13-11-9-10(16(17,18)19)5-6-12(11)20-14(13)21/h5-6,9,13H,2-4,7-8H2,1H3,(H,20,21). The van der Waals surface area contributed by atoms with Crippen LogP contribution in [0.5, 0.6) is 0 Å². The molecule has 1 amide bonds. The van der Waals surface area contributed by atoms with Crippen molar-refractivity contribution in [2.75, 3.05) is 5.32 Å². The van der Waals surface area contributed by atoms with E-state index in [-0.39, 0.29) is 11.3 Å². The Morgan fingerprint density at radius 3 is 2.48 bits per heavy atom. The van der Waals surface area contributed by atoms with Crippen LogP contribution >= 0.6 is 0 Å². The predicted octanol–water partition coefficient (Wildman–Crippen LogP) is 4.71. The number of benzene rings is 1. The number of amides is 1. The third kappa shape index (κ3) is 2.43. The number of carbonyl (C=O) groups excluding carboxylic acids is 1. The van der Waals surface area contributed by atoms with Gasteiger partial charge in [-0.2, -0.15) is 13.2 Å². The van der Waals surface area contributed by atoms with Crippen molar-refractivity contribution in [1.29, 1.82) is 0 Å². The third-order valence-electron chi connectivity index (χ3n) is 4.90. The fourth-order valence-corrected chi connectivity index (χ4v) is 3.78. The van der Waals surface area contributed by atoms with Gasteiger partial charge in [0.1, 0.15) is 0 Å². The minimum absolute atomic E-state index is 0.159. The molecule has 0 saturated heterocycles. The molecule has 0 bridgehead atoms. The minimum atomic E-state index is -4.38. The molecule has 21 heavy (non-hydrogen) atoms. The zero-order chi connectivity index (χ0) is 15.3. The number of carbonyl (C=O) groups is 1. The van der Waals surface area contributed by atoms with Crippen LogP contribution in [0.15, 0.2) is 18.2 Å². The summed E-state index contributed by atoms with van der Waals surface area (Å²) in [5, 5.41) is 2.74. The topological polar surface area (TPSA) is 29.1 Å². The van der Waals surface area contributed by atoms with Crippen LogP contribution in [0, 0.1) is 5.41 Å². The van der Waals surface area contributed by atoms with Crippen LogP contribution in [0.4, 0.5) is 18.9 Å². The molecule has 1 unspecified atom stereocenters. The average molecular weight is 297 g/mol. The molecule has 5 heteroatoms. The first-order valence-electron chi connectivity index (χ1n) is 7.33. The van der Waals surface area contributed by atoms with Crippen LogP contribution in [0.3, 0.4) is 0 Å². The number of hydrogen-bond donors (Lipinski definition) is 1. The number of halogens is 3. The highest BCUT2D eigenvalue weighted by Crippen LogP contribution is 2.52. The zero-order valence-electron chi connectivity index (χ0n) is 11.9. The molecule has 1 saturated carbocycles. The summed E-state index contributed by atoms with van der Waals surface area (Å²) in [5.41, 5.74) is 0.129. The van der Waals surface area contributed by atoms with Gasteiger partial charge in [-0.15, -0.1) is 0 Å². The van der Waals surface area contributed by atoms with Crippen molar-refractivity contribution in [3.63, 3.8) is 0 Å². The van der Waals surface area contributed by atoms with Crippen molar-refractivity contribution in [2.24, 2.45) is 5.41 Å². The molecule has 2 nitrogen and oxygen atoms in total. The van der Waals surface area contributed by atoms with E-state index in [9.17, 15) is 18.0 Å². The van der Waals surface area contributed by atoms with Gasteiger partial charge in [-0.25, -0.2) is 0 Å². The first-order valence-corrected chi connectivity index (χ1v) is 7.33. The number of nitrogens with one attached hydrogen (secondary N) is 1. The van der Waals surface area contributed by atoms with E-state index in [2.05, 4.69) is 5.32 Å². The van der Waals surface area contributed by atoms with Crippen molar-refractivity contribution in [3.05, 3.63) is 29.3 Å². The molecule has 3 rings (SSSR count). The molecular weight excluding hydrogens is 279 g/mol. The maximum atomic E-state index is 12.9. The van der Waals surface area contributed by atoms with Gasteiger partial charge in [0.25, 0.3) is 0 Å². The lowest BCUT2D eigenvalue weighted by molar-refractivity contribution is -0.137. The lowest BCUT2D eigenvalue weighted by atomic mass is 9.65. The molecule has 1 fully saturated rings. The minimum Gasteiger partial charge on any atom is -0.325 e. The maximum Gasteiger partial charge on any atom is 0.416 e. The Labute approximate surface area is 121 Å². The summed E-state index contributed by atoms with van der Waals surface area (Å²) in [7, 11) is 0. The Bertz CT molecular complexity index is 573. The molecule has 0 radical (unpaired) electrons. The summed E-state index contributed by atoms with van der Waals surface area (Å²) in [6.45, 7) is 2.03. The molecule has 2 aliphatic rings. The van der Waals surface area contributed by atoms with Crippen molar-refractivity contribution in [3.8, 4) is 0 Å². The summed E-state index contributed by atoms with van der Waals surface area (Å²) >= 11 is 0. The fraction of sp³-hybridized carbons (Fsp3) is 0.562. The van der Waals surface area contributed by atoms with Gasteiger partial charge in [0.15, 0.2) is 0 Å². The summed E-state index contributed by atoms with van der Waals surface area (Å²) in [6.07, 6.45) is 0.614. The second-order valence-corrected chi connectivity index (χ2v) is 6.44. The average Bonchev–Trinajstić information content (AvgIpc) is 2.74. The lowest BCUT2D eigenvalue weighted by Crippen LogP contribution is -2.32. The maximum absolute atomic E-state index is 12.9. The van der Waals surface area contributed by atoms with E-state index in [0.717, 1.165) is 44.2 Å². The zero-order valence-corrected chi connectivity index (χ0v) is 11.9. The summed E-state index contributed by atoms with van der Waals surface area (Å²) in [4.78, 5) is 12.3. The second-order valence-electron chi connectivity index (χ2n) is 6.44. The molecule has 0 aromatic heterocycles. The lowest BCUT2D eigenvalue weighted by Gasteiger charge is -2.38. The second kappa shape index (κ2) is 4.75. The van der Waals surface area contributed by atoms with Crippen molar-refractivity contribution >= 4 is 11.6 Å².